The summed E-state index contributed by atoms with van der Waals surface area (Å²) in [5.41, 5.74) is 0.135. The Hall–Kier alpha value is -1.16. The minimum atomic E-state index is -0.716. The molecule has 19 heavy (non-hydrogen) atoms. The highest BCUT2D eigenvalue weighted by Gasteiger charge is 2.28. The molecule has 1 aromatic heterocycles. The maximum absolute atomic E-state index is 12.2. The molecule has 4 nitrogen and oxygen atoms in total. The molecule has 106 valence electrons. The van der Waals surface area contributed by atoms with Gasteiger partial charge in [-0.05, 0) is 39.7 Å². The second-order valence-electron chi connectivity index (χ2n) is 5.77. The minimum Gasteiger partial charge on any atom is -0.368 e. The molecule has 4 heteroatoms. The second kappa shape index (κ2) is 5.87. The molecule has 0 atom stereocenters. The van der Waals surface area contributed by atoms with Crippen LogP contribution in [-0.4, -0.2) is 27.8 Å². The molecule has 1 aliphatic carbocycles. The lowest BCUT2D eigenvalue weighted by atomic mass is 9.99. The van der Waals surface area contributed by atoms with Crippen molar-refractivity contribution in [2.45, 2.75) is 64.5 Å². The number of ether oxygens (including phenoxy) is 1. The van der Waals surface area contributed by atoms with Crippen molar-refractivity contribution in [3.05, 3.63) is 18.0 Å². The number of Topliss-reactive ketones (excluding diaryl/α,β-unsaturated/α-hetero) is 1. The zero-order valence-corrected chi connectivity index (χ0v) is 12.2. The van der Waals surface area contributed by atoms with Crippen LogP contribution < -0.4 is 0 Å². The SMILES string of the molecule is CCOC(C)(C)C(=O)Cc1ccn(C2CCCC2)n1. The first-order valence-corrected chi connectivity index (χ1v) is 7.24. The van der Waals surface area contributed by atoms with Crippen LogP contribution >= 0.6 is 0 Å². The molecule has 1 aliphatic rings. The van der Waals surface area contributed by atoms with Gasteiger partial charge in [0.2, 0.25) is 0 Å². The molecule has 1 fully saturated rings. The van der Waals surface area contributed by atoms with E-state index in [-0.39, 0.29) is 5.78 Å². The number of carbonyl (C=O) groups is 1. The fraction of sp³-hybridized carbons (Fsp3) is 0.733. The van der Waals surface area contributed by atoms with Crippen LogP contribution in [0.3, 0.4) is 0 Å². The summed E-state index contributed by atoms with van der Waals surface area (Å²) in [6.45, 7) is 6.11. The molecule has 0 amide bonds. The smallest absolute Gasteiger partial charge is 0.170 e. The van der Waals surface area contributed by atoms with Gasteiger partial charge in [-0.2, -0.15) is 5.10 Å². The molecule has 0 aliphatic heterocycles. The highest BCUT2D eigenvalue weighted by atomic mass is 16.5. The Bertz CT molecular complexity index is 431. The van der Waals surface area contributed by atoms with E-state index in [4.69, 9.17) is 4.74 Å². The van der Waals surface area contributed by atoms with Crippen molar-refractivity contribution in [3.8, 4) is 0 Å². The van der Waals surface area contributed by atoms with E-state index >= 15 is 0 Å². The summed E-state index contributed by atoms with van der Waals surface area (Å²) in [7, 11) is 0. The third-order valence-electron chi connectivity index (χ3n) is 3.88. The zero-order chi connectivity index (χ0) is 13.9. The summed E-state index contributed by atoms with van der Waals surface area (Å²) >= 11 is 0. The molecule has 1 heterocycles. The topological polar surface area (TPSA) is 44.1 Å². The van der Waals surface area contributed by atoms with Crippen molar-refractivity contribution in [2.75, 3.05) is 6.61 Å². The maximum Gasteiger partial charge on any atom is 0.170 e. The Morgan fingerprint density at radius 1 is 1.47 bits per heavy atom. The summed E-state index contributed by atoms with van der Waals surface area (Å²) in [4.78, 5) is 12.2. The average Bonchev–Trinajstić information content (AvgIpc) is 2.97. The van der Waals surface area contributed by atoms with Crippen molar-refractivity contribution in [1.82, 2.24) is 9.78 Å². The van der Waals surface area contributed by atoms with Gasteiger partial charge in [0.05, 0.1) is 18.2 Å². The molecule has 2 rings (SSSR count). The van der Waals surface area contributed by atoms with Crippen LogP contribution in [0.2, 0.25) is 0 Å². The number of aromatic nitrogens is 2. The molecule has 0 aromatic carbocycles. The third kappa shape index (κ3) is 3.44. The monoisotopic (exact) mass is 264 g/mol. The van der Waals surface area contributed by atoms with Gasteiger partial charge in [0.25, 0.3) is 0 Å². The van der Waals surface area contributed by atoms with E-state index in [1.54, 1.807) is 0 Å². The van der Waals surface area contributed by atoms with E-state index in [0.717, 1.165) is 5.69 Å². The molecular formula is C15H24N2O2. The first kappa shape index (κ1) is 14.3. The van der Waals surface area contributed by atoms with Crippen LogP contribution in [0.15, 0.2) is 12.3 Å². The highest BCUT2D eigenvalue weighted by molar-refractivity contribution is 5.88. The van der Waals surface area contributed by atoms with Crippen LogP contribution in [0.5, 0.6) is 0 Å². The fourth-order valence-corrected chi connectivity index (χ4v) is 2.66. The zero-order valence-electron chi connectivity index (χ0n) is 12.2. The standard InChI is InChI=1S/C15H24N2O2/c1-4-19-15(2,3)14(18)11-12-9-10-17(16-12)13-7-5-6-8-13/h9-10,13H,4-8,11H2,1-3H3. The number of ketones is 1. The van der Waals surface area contributed by atoms with Crippen LogP contribution in [0.4, 0.5) is 0 Å². The van der Waals surface area contributed by atoms with E-state index in [9.17, 15) is 4.79 Å². The van der Waals surface area contributed by atoms with Gasteiger partial charge in [0.15, 0.2) is 5.78 Å². The van der Waals surface area contributed by atoms with Crippen molar-refractivity contribution < 1.29 is 9.53 Å². The van der Waals surface area contributed by atoms with E-state index in [0.29, 0.717) is 19.1 Å². The second-order valence-corrected chi connectivity index (χ2v) is 5.77. The molecule has 0 unspecified atom stereocenters. The van der Waals surface area contributed by atoms with Gasteiger partial charge < -0.3 is 4.74 Å². The Labute approximate surface area is 115 Å². The van der Waals surface area contributed by atoms with E-state index in [2.05, 4.69) is 5.10 Å². The maximum atomic E-state index is 12.2. The highest BCUT2D eigenvalue weighted by Crippen LogP contribution is 2.28. The number of nitrogens with zero attached hydrogens (tertiary/aromatic N) is 2. The largest absolute Gasteiger partial charge is 0.368 e. The number of carbonyl (C=O) groups excluding carboxylic acids is 1. The van der Waals surface area contributed by atoms with Crippen molar-refractivity contribution in [3.63, 3.8) is 0 Å². The number of hydrogen-bond acceptors (Lipinski definition) is 3. The first-order chi connectivity index (χ1) is 9.03. The van der Waals surface area contributed by atoms with Gasteiger partial charge in [-0.25, -0.2) is 0 Å². The minimum absolute atomic E-state index is 0.0889. The molecule has 0 bridgehead atoms. The summed E-state index contributed by atoms with van der Waals surface area (Å²) < 4.78 is 7.52. The lowest BCUT2D eigenvalue weighted by Crippen LogP contribution is -2.36. The Kier molecular flexibility index (Phi) is 4.40. The molecule has 0 spiro atoms. The molecule has 0 N–H and O–H groups in total. The number of rotatable bonds is 6. The fourth-order valence-electron chi connectivity index (χ4n) is 2.66. The first-order valence-electron chi connectivity index (χ1n) is 7.24. The Morgan fingerprint density at radius 2 is 2.16 bits per heavy atom. The lowest BCUT2D eigenvalue weighted by molar-refractivity contribution is -0.139. The average molecular weight is 264 g/mol. The van der Waals surface area contributed by atoms with Gasteiger partial charge >= 0.3 is 0 Å². The van der Waals surface area contributed by atoms with Crippen molar-refractivity contribution >= 4 is 5.78 Å². The third-order valence-corrected chi connectivity index (χ3v) is 3.88. The van der Waals surface area contributed by atoms with E-state index in [1.807, 2.05) is 37.7 Å². The normalized spacial score (nSPS) is 17.0. The molecule has 1 aromatic rings. The van der Waals surface area contributed by atoms with Gasteiger partial charge in [0.1, 0.15) is 5.60 Å². The van der Waals surface area contributed by atoms with Crippen LogP contribution in [-0.2, 0) is 16.0 Å². The summed E-state index contributed by atoms with van der Waals surface area (Å²) in [6, 6.07) is 2.49. The summed E-state index contributed by atoms with van der Waals surface area (Å²) in [5, 5.41) is 4.55. The van der Waals surface area contributed by atoms with Gasteiger partial charge in [-0.3, -0.25) is 9.48 Å². The van der Waals surface area contributed by atoms with Crippen molar-refractivity contribution in [2.24, 2.45) is 0 Å². The summed E-state index contributed by atoms with van der Waals surface area (Å²) in [6.07, 6.45) is 7.35. The summed E-state index contributed by atoms with van der Waals surface area (Å²) in [5.74, 6) is 0.0889. The van der Waals surface area contributed by atoms with Gasteiger partial charge in [0, 0.05) is 12.8 Å². The molecule has 0 saturated heterocycles. The molecule has 0 radical (unpaired) electrons. The molecular weight excluding hydrogens is 240 g/mol. The van der Waals surface area contributed by atoms with Crippen molar-refractivity contribution in [1.29, 1.82) is 0 Å². The Morgan fingerprint density at radius 3 is 2.79 bits per heavy atom. The molecule has 1 saturated carbocycles. The lowest BCUT2D eigenvalue weighted by Gasteiger charge is -2.22. The van der Waals surface area contributed by atoms with Crippen LogP contribution in [0.25, 0.3) is 0 Å². The Balaban J connectivity index is 1.97. The number of hydrogen-bond donors (Lipinski definition) is 0. The van der Waals surface area contributed by atoms with Crippen LogP contribution in [0.1, 0.15) is 58.2 Å². The quantitative estimate of drug-likeness (QED) is 0.793. The van der Waals surface area contributed by atoms with Gasteiger partial charge in [-0.15, -0.1) is 0 Å². The van der Waals surface area contributed by atoms with Crippen LogP contribution in [0, 0.1) is 0 Å². The predicted octanol–water partition coefficient (Wildman–Crippen LogP) is 2.92. The van der Waals surface area contributed by atoms with E-state index in [1.165, 1.54) is 25.7 Å². The van der Waals surface area contributed by atoms with Gasteiger partial charge in [-0.1, -0.05) is 12.8 Å². The van der Waals surface area contributed by atoms with E-state index < -0.39 is 5.60 Å². The predicted molar refractivity (Wildman–Crippen MR) is 74.1 cm³/mol.